The number of methoxy groups -OCH3 is 1. The van der Waals surface area contributed by atoms with Crippen molar-refractivity contribution >= 4 is 5.84 Å². The van der Waals surface area contributed by atoms with Crippen LogP contribution in [0.15, 0.2) is 5.16 Å². The van der Waals surface area contributed by atoms with Crippen molar-refractivity contribution in [1.29, 1.82) is 0 Å². The van der Waals surface area contributed by atoms with Crippen LogP contribution in [-0.2, 0) is 4.74 Å². The maximum Gasteiger partial charge on any atom is 0.143 e. The van der Waals surface area contributed by atoms with E-state index in [0.717, 1.165) is 6.54 Å². The molecular formula is C7H17N3O2. The van der Waals surface area contributed by atoms with E-state index in [1.54, 1.807) is 7.11 Å². The van der Waals surface area contributed by atoms with Crippen LogP contribution in [0.1, 0.15) is 6.92 Å². The van der Waals surface area contributed by atoms with E-state index in [2.05, 4.69) is 10.5 Å². The van der Waals surface area contributed by atoms with E-state index in [4.69, 9.17) is 15.7 Å². The van der Waals surface area contributed by atoms with E-state index in [1.807, 2.05) is 6.92 Å². The lowest BCUT2D eigenvalue weighted by Crippen LogP contribution is -2.32. The molecular weight excluding hydrogens is 158 g/mol. The van der Waals surface area contributed by atoms with Crippen LogP contribution in [0.25, 0.3) is 0 Å². The van der Waals surface area contributed by atoms with Crippen molar-refractivity contribution in [2.45, 2.75) is 6.92 Å². The predicted molar refractivity (Wildman–Crippen MR) is 47.3 cm³/mol. The fourth-order valence-electron chi connectivity index (χ4n) is 0.696. The zero-order valence-electron chi connectivity index (χ0n) is 7.58. The first-order valence-electron chi connectivity index (χ1n) is 3.89. The molecule has 0 heterocycles. The lowest BCUT2D eigenvalue weighted by molar-refractivity contribution is 0.199. The van der Waals surface area contributed by atoms with E-state index in [1.165, 1.54) is 0 Å². The van der Waals surface area contributed by atoms with Gasteiger partial charge in [0, 0.05) is 26.1 Å². The van der Waals surface area contributed by atoms with Gasteiger partial charge in [0.25, 0.3) is 0 Å². The maximum absolute atomic E-state index is 8.32. The summed E-state index contributed by atoms with van der Waals surface area (Å²) in [5, 5.41) is 14.3. The minimum atomic E-state index is 0.0480. The molecule has 0 aromatic heterocycles. The number of hydrogen-bond acceptors (Lipinski definition) is 4. The molecule has 5 nitrogen and oxygen atoms in total. The predicted octanol–water partition coefficient (Wildman–Crippen LogP) is -0.395. The summed E-state index contributed by atoms with van der Waals surface area (Å²) < 4.78 is 4.84. The van der Waals surface area contributed by atoms with Crippen molar-refractivity contribution in [2.24, 2.45) is 16.8 Å². The Morgan fingerprint density at radius 3 is 2.92 bits per heavy atom. The number of hydrogen-bond donors (Lipinski definition) is 3. The van der Waals surface area contributed by atoms with Crippen LogP contribution in [0.3, 0.4) is 0 Å². The summed E-state index contributed by atoms with van der Waals surface area (Å²) in [4.78, 5) is 0. The highest BCUT2D eigenvalue weighted by Gasteiger charge is 2.05. The van der Waals surface area contributed by atoms with Crippen molar-refractivity contribution in [1.82, 2.24) is 5.32 Å². The maximum atomic E-state index is 8.32. The van der Waals surface area contributed by atoms with Crippen LogP contribution < -0.4 is 11.1 Å². The van der Waals surface area contributed by atoms with E-state index in [-0.39, 0.29) is 11.8 Å². The Kier molecular flexibility index (Phi) is 6.41. The fourth-order valence-corrected chi connectivity index (χ4v) is 0.696. The van der Waals surface area contributed by atoms with Crippen molar-refractivity contribution in [2.75, 3.05) is 26.8 Å². The van der Waals surface area contributed by atoms with Crippen LogP contribution in [0.5, 0.6) is 0 Å². The molecule has 1 atom stereocenters. The number of oxime groups is 1. The van der Waals surface area contributed by atoms with Crippen molar-refractivity contribution in [3.63, 3.8) is 0 Å². The monoisotopic (exact) mass is 175 g/mol. The summed E-state index contributed by atoms with van der Waals surface area (Å²) in [6.07, 6.45) is 0. The molecule has 0 aliphatic heterocycles. The number of rotatable bonds is 6. The van der Waals surface area contributed by atoms with Crippen molar-refractivity contribution in [3.05, 3.63) is 0 Å². The molecule has 0 bridgehead atoms. The summed E-state index contributed by atoms with van der Waals surface area (Å²) in [6, 6.07) is 0. The summed E-state index contributed by atoms with van der Waals surface area (Å²) in [5.74, 6) is 0.298. The molecule has 0 aliphatic rings. The Bertz CT molecular complexity index is 139. The van der Waals surface area contributed by atoms with Gasteiger partial charge in [0.1, 0.15) is 5.84 Å². The normalized spacial score (nSPS) is 14.7. The molecule has 0 spiro atoms. The van der Waals surface area contributed by atoms with E-state index >= 15 is 0 Å². The van der Waals surface area contributed by atoms with Gasteiger partial charge in [-0.1, -0.05) is 12.1 Å². The highest BCUT2D eigenvalue weighted by atomic mass is 16.5. The first-order valence-corrected chi connectivity index (χ1v) is 3.89. The smallest absolute Gasteiger partial charge is 0.143 e. The van der Waals surface area contributed by atoms with Gasteiger partial charge in [0.2, 0.25) is 0 Å². The minimum Gasteiger partial charge on any atom is -0.409 e. The highest BCUT2D eigenvalue weighted by Crippen LogP contribution is 1.90. The van der Waals surface area contributed by atoms with E-state index in [9.17, 15) is 0 Å². The third kappa shape index (κ3) is 4.92. The van der Waals surface area contributed by atoms with Gasteiger partial charge in [0.05, 0.1) is 6.61 Å². The molecule has 0 saturated carbocycles. The quantitative estimate of drug-likeness (QED) is 0.169. The Balaban J connectivity index is 3.37. The van der Waals surface area contributed by atoms with Gasteiger partial charge in [-0.15, -0.1) is 0 Å². The average Bonchev–Trinajstić information content (AvgIpc) is 2.10. The fraction of sp³-hybridized carbons (Fsp3) is 0.857. The zero-order chi connectivity index (χ0) is 9.40. The largest absolute Gasteiger partial charge is 0.409 e. The molecule has 0 radical (unpaired) electrons. The molecule has 1 unspecified atom stereocenters. The number of nitrogens with two attached hydrogens (primary N) is 1. The van der Waals surface area contributed by atoms with Crippen LogP contribution in [0.2, 0.25) is 0 Å². The molecule has 72 valence electrons. The summed E-state index contributed by atoms with van der Waals surface area (Å²) in [6.45, 7) is 4.02. The van der Waals surface area contributed by atoms with E-state index < -0.39 is 0 Å². The Hall–Kier alpha value is -0.810. The molecule has 0 aromatic rings. The van der Waals surface area contributed by atoms with Gasteiger partial charge >= 0.3 is 0 Å². The standard InChI is InChI=1S/C7H17N3O2/c1-6(7(8)10-11)5-9-3-4-12-2/h6,9,11H,3-5H2,1-2H3,(H2,8,10). The van der Waals surface area contributed by atoms with Gasteiger partial charge in [-0.05, 0) is 0 Å². The van der Waals surface area contributed by atoms with Gasteiger partial charge in [-0.2, -0.15) is 0 Å². The Morgan fingerprint density at radius 2 is 2.42 bits per heavy atom. The van der Waals surface area contributed by atoms with Crippen LogP contribution in [0, 0.1) is 5.92 Å². The molecule has 0 rings (SSSR count). The third-order valence-corrected chi connectivity index (χ3v) is 1.55. The van der Waals surface area contributed by atoms with Gasteiger partial charge in [0.15, 0.2) is 0 Å². The molecule has 0 aromatic carbocycles. The third-order valence-electron chi connectivity index (χ3n) is 1.55. The molecule has 0 fully saturated rings. The Morgan fingerprint density at radius 1 is 1.75 bits per heavy atom. The second kappa shape index (κ2) is 6.87. The second-order valence-electron chi connectivity index (χ2n) is 2.62. The first kappa shape index (κ1) is 11.2. The van der Waals surface area contributed by atoms with Crippen LogP contribution >= 0.6 is 0 Å². The topological polar surface area (TPSA) is 79.9 Å². The second-order valence-corrected chi connectivity index (χ2v) is 2.62. The van der Waals surface area contributed by atoms with E-state index in [0.29, 0.717) is 13.2 Å². The molecule has 12 heavy (non-hydrogen) atoms. The summed E-state index contributed by atoms with van der Waals surface area (Å²) in [7, 11) is 1.65. The molecule has 0 aliphatic carbocycles. The summed E-state index contributed by atoms with van der Waals surface area (Å²) in [5.41, 5.74) is 5.36. The summed E-state index contributed by atoms with van der Waals surface area (Å²) >= 11 is 0. The zero-order valence-corrected chi connectivity index (χ0v) is 7.58. The Labute approximate surface area is 72.6 Å². The van der Waals surface area contributed by atoms with Crippen LogP contribution in [0.4, 0.5) is 0 Å². The SMILES string of the molecule is COCCNCC(C)C(N)=NO. The molecule has 5 heteroatoms. The molecule has 0 saturated heterocycles. The number of amidine groups is 1. The first-order chi connectivity index (χ1) is 5.72. The van der Waals surface area contributed by atoms with Crippen molar-refractivity contribution < 1.29 is 9.94 Å². The number of nitrogens with one attached hydrogen (secondary N) is 1. The lowest BCUT2D eigenvalue weighted by Gasteiger charge is -2.09. The average molecular weight is 175 g/mol. The highest BCUT2D eigenvalue weighted by molar-refractivity contribution is 5.82. The number of nitrogens with zero attached hydrogens (tertiary/aromatic N) is 1. The van der Waals surface area contributed by atoms with Crippen molar-refractivity contribution in [3.8, 4) is 0 Å². The van der Waals surface area contributed by atoms with Gasteiger partial charge in [-0.3, -0.25) is 0 Å². The van der Waals surface area contributed by atoms with Gasteiger partial charge < -0.3 is 21.0 Å². The molecule has 4 N–H and O–H groups in total. The number of ether oxygens (including phenoxy) is 1. The lowest BCUT2D eigenvalue weighted by atomic mass is 10.1. The molecule has 0 amide bonds. The van der Waals surface area contributed by atoms with Gasteiger partial charge in [-0.25, -0.2) is 0 Å². The van der Waals surface area contributed by atoms with Crippen LogP contribution in [-0.4, -0.2) is 37.8 Å². The minimum absolute atomic E-state index is 0.0480.